The number of piperidine rings is 1. The van der Waals surface area contributed by atoms with Gasteiger partial charge < -0.3 is 10.6 Å². The van der Waals surface area contributed by atoms with Crippen molar-refractivity contribution in [2.24, 2.45) is 5.92 Å². The van der Waals surface area contributed by atoms with Crippen molar-refractivity contribution in [3.63, 3.8) is 0 Å². The maximum absolute atomic E-state index is 4.36. The second kappa shape index (κ2) is 5.75. The monoisotopic (exact) mass is 239 g/mol. The molecule has 0 spiro atoms. The first-order chi connectivity index (χ1) is 7.74. The van der Waals surface area contributed by atoms with Gasteiger partial charge in [0.05, 0.1) is 0 Å². The lowest BCUT2D eigenvalue weighted by Crippen LogP contribution is -2.39. The first kappa shape index (κ1) is 12.0. The van der Waals surface area contributed by atoms with E-state index >= 15 is 0 Å². The van der Waals surface area contributed by atoms with Crippen LogP contribution < -0.4 is 10.6 Å². The molecule has 2 N–H and O–H groups in total. The molecule has 2 unspecified atom stereocenters. The van der Waals surface area contributed by atoms with Gasteiger partial charge in [-0.05, 0) is 45.7 Å². The molecule has 0 aliphatic carbocycles. The number of rotatable bonds is 4. The van der Waals surface area contributed by atoms with Crippen molar-refractivity contribution in [1.29, 1.82) is 0 Å². The average molecular weight is 239 g/mol. The van der Waals surface area contributed by atoms with Crippen molar-refractivity contribution in [2.75, 3.05) is 13.1 Å². The average Bonchev–Trinajstić information content (AvgIpc) is 2.64. The Balaban J connectivity index is 1.67. The van der Waals surface area contributed by atoms with Crippen LogP contribution in [-0.2, 0) is 6.54 Å². The third-order valence-corrected chi connectivity index (χ3v) is 4.02. The summed E-state index contributed by atoms with van der Waals surface area (Å²) in [4.78, 5) is 5.66. The Morgan fingerprint density at radius 3 is 3.19 bits per heavy atom. The van der Waals surface area contributed by atoms with Crippen LogP contribution >= 0.6 is 11.3 Å². The highest BCUT2D eigenvalue weighted by Crippen LogP contribution is 2.15. The van der Waals surface area contributed by atoms with Crippen LogP contribution in [0.3, 0.4) is 0 Å². The predicted molar refractivity (Wildman–Crippen MR) is 68.7 cm³/mol. The van der Waals surface area contributed by atoms with Crippen molar-refractivity contribution in [3.8, 4) is 0 Å². The molecule has 2 rings (SSSR count). The van der Waals surface area contributed by atoms with Crippen molar-refractivity contribution < 1.29 is 0 Å². The number of hydrogen-bond acceptors (Lipinski definition) is 4. The third-order valence-electron chi connectivity index (χ3n) is 3.11. The number of aromatic nitrogens is 1. The van der Waals surface area contributed by atoms with Gasteiger partial charge in [0.15, 0.2) is 0 Å². The number of aryl methyl sites for hydroxylation is 1. The van der Waals surface area contributed by atoms with Crippen molar-refractivity contribution in [1.82, 2.24) is 15.6 Å². The van der Waals surface area contributed by atoms with E-state index < -0.39 is 0 Å². The summed E-state index contributed by atoms with van der Waals surface area (Å²) in [5.41, 5.74) is 0. The van der Waals surface area contributed by atoms with Crippen LogP contribution in [0.4, 0.5) is 0 Å². The molecule has 16 heavy (non-hydrogen) atoms. The SMILES string of the molecule is Cc1cnc(CNCC2CCNC(C)C2)s1. The largest absolute Gasteiger partial charge is 0.314 e. The van der Waals surface area contributed by atoms with E-state index in [4.69, 9.17) is 0 Å². The smallest absolute Gasteiger partial charge is 0.107 e. The zero-order valence-electron chi connectivity index (χ0n) is 10.1. The molecule has 2 heterocycles. The summed E-state index contributed by atoms with van der Waals surface area (Å²) in [7, 11) is 0. The van der Waals surface area contributed by atoms with Crippen LogP contribution in [0.5, 0.6) is 0 Å². The molecule has 1 aromatic rings. The fourth-order valence-corrected chi connectivity index (χ4v) is 3.04. The van der Waals surface area contributed by atoms with Crippen LogP contribution in [0, 0.1) is 12.8 Å². The molecule has 0 radical (unpaired) electrons. The first-order valence-corrected chi connectivity index (χ1v) is 6.91. The Kier molecular flexibility index (Phi) is 4.32. The van der Waals surface area contributed by atoms with E-state index in [1.54, 1.807) is 11.3 Å². The van der Waals surface area contributed by atoms with Gasteiger partial charge in [0.25, 0.3) is 0 Å². The van der Waals surface area contributed by atoms with Gasteiger partial charge in [0.2, 0.25) is 0 Å². The van der Waals surface area contributed by atoms with Gasteiger partial charge in [0.1, 0.15) is 5.01 Å². The Morgan fingerprint density at radius 1 is 1.62 bits per heavy atom. The fourth-order valence-electron chi connectivity index (χ4n) is 2.29. The number of nitrogens with zero attached hydrogens (tertiary/aromatic N) is 1. The Labute approximate surface area is 102 Å². The van der Waals surface area contributed by atoms with Crippen LogP contribution in [0.2, 0.25) is 0 Å². The zero-order valence-corrected chi connectivity index (χ0v) is 10.9. The highest BCUT2D eigenvalue weighted by Gasteiger charge is 2.17. The van der Waals surface area contributed by atoms with E-state index in [0.29, 0.717) is 6.04 Å². The predicted octanol–water partition coefficient (Wildman–Crippen LogP) is 1.93. The molecule has 0 aromatic carbocycles. The molecule has 0 bridgehead atoms. The van der Waals surface area contributed by atoms with Crippen LogP contribution in [-0.4, -0.2) is 24.1 Å². The van der Waals surface area contributed by atoms with Crippen LogP contribution in [0.1, 0.15) is 29.7 Å². The van der Waals surface area contributed by atoms with Gasteiger partial charge in [-0.25, -0.2) is 4.98 Å². The minimum Gasteiger partial charge on any atom is -0.314 e. The lowest BCUT2D eigenvalue weighted by Gasteiger charge is -2.28. The van der Waals surface area contributed by atoms with E-state index in [9.17, 15) is 0 Å². The van der Waals surface area contributed by atoms with Crippen molar-refractivity contribution in [2.45, 2.75) is 39.3 Å². The van der Waals surface area contributed by atoms with Crippen LogP contribution in [0.15, 0.2) is 6.20 Å². The van der Waals surface area contributed by atoms with E-state index in [2.05, 4.69) is 29.5 Å². The molecule has 1 aromatic heterocycles. The second-order valence-electron chi connectivity index (χ2n) is 4.74. The van der Waals surface area contributed by atoms with Gasteiger partial charge >= 0.3 is 0 Å². The molecule has 1 fully saturated rings. The summed E-state index contributed by atoms with van der Waals surface area (Å²) in [5, 5.41) is 8.22. The minimum absolute atomic E-state index is 0.683. The molecule has 0 amide bonds. The lowest BCUT2D eigenvalue weighted by atomic mass is 9.93. The molecule has 4 heteroatoms. The molecule has 90 valence electrons. The Morgan fingerprint density at radius 2 is 2.50 bits per heavy atom. The normalized spacial score (nSPS) is 25.9. The van der Waals surface area contributed by atoms with Crippen LogP contribution in [0.25, 0.3) is 0 Å². The van der Waals surface area contributed by atoms with Gasteiger partial charge in [-0.1, -0.05) is 0 Å². The maximum atomic E-state index is 4.36. The molecule has 3 nitrogen and oxygen atoms in total. The second-order valence-corrected chi connectivity index (χ2v) is 6.06. The summed E-state index contributed by atoms with van der Waals surface area (Å²) in [5.74, 6) is 0.831. The van der Waals surface area contributed by atoms with E-state index in [1.165, 1.54) is 29.3 Å². The molecule has 1 aliphatic heterocycles. The summed E-state index contributed by atoms with van der Waals surface area (Å²) < 4.78 is 0. The summed E-state index contributed by atoms with van der Waals surface area (Å²) >= 11 is 1.79. The highest BCUT2D eigenvalue weighted by atomic mass is 32.1. The number of nitrogens with one attached hydrogen (secondary N) is 2. The first-order valence-electron chi connectivity index (χ1n) is 6.09. The van der Waals surface area contributed by atoms with Gasteiger partial charge in [-0.15, -0.1) is 11.3 Å². The third kappa shape index (κ3) is 3.54. The van der Waals surface area contributed by atoms with Crippen molar-refractivity contribution in [3.05, 3.63) is 16.1 Å². The highest BCUT2D eigenvalue weighted by molar-refractivity contribution is 7.11. The Bertz CT molecular complexity index is 324. The molecular weight excluding hydrogens is 218 g/mol. The van der Waals surface area contributed by atoms with Gasteiger partial charge in [0, 0.05) is 23.7 Å². The van der Waals surface area contributed by atoms with E-state index in [1.807, 2.05) is 6.20 Å². The van der Waals surface area contributed by atoms with E-state index in [-0.39, 0.29) is 0 Å². The molecule has 1 aliphatic rings. The zero-order chi connectivity index (χ0) is 11.4. The van der Waals surface area contributed by atoms with Crippen molar-refractivity contribution >= 4 is 11.3 Å². The lowest BCUT2D eigenvalue weighted by molar-refractivity contribution is 0.304. The number of hydrogen-bond donors (Lipinski definition) is 2. The summed E-state index contributed by atoms with van der Waals surface area (Å²) in [6.45, 7) is 7.61. The minimum atomic E-state index is 0.683. The fraction of sp³-hybridized carbons (Fsp3) is 0.750. The van der Waals surface area contributed by atoms with Gasteiger partial charge in [-0.3, -0.25) is 0 Å². The summed E-state index contributed by atoms with van der Waals surface area (Å²) in [6, 6.07) is 0.683. The van der Waals surface area contributed by atoms with E-state index in [0.717, 1.165) is 19.0 Å². The molecule has 1 saturated heterocycles. The summed E-state index contributed by atoms with van der Waals surface area (Å²) in [6.07, 6.45) is 4.55. The molecular formula is C12H21N3S. The maximum Gasteiger partial charge on any atom is 0.107 e. The number of thiazole rings is 1. The van der Waals surface area contributed by atoms with Gasteiger partial charge in [-0.2, -0.15) is 0 Å². The molecule has 2 atom stereocenters. The molecule has 0 saturated carbocycles. The topological polar surface area (TPSA) is 37.0 Å². The quantitative estimate of drug-likeness (QED) is 0.843. The standard InChI is InChI=1S/C12H21N3S/c1-9-5-11(3-4-14-9)7-13-8-12-15-6-10(2)16-12/h6,9,11,13-14H,3-5,7-8H2,1-2H3. The Hall–Kier alpha value is -0.450.